The number of hydrogen-bond donors (Lipinski definition) is 0. The van der Waals surface area contributed by atoms with Crippen LogP contribution in [0.4, 0.5) is 34.1 Å². The fraction of sp³-hybridized carbons (Fsp3) is 0.217. The zero-order valence-electron chi connectivity index (χ0n) is 27.7. The van der Waals surface area contributed by atoms with Crippen LogP contribution in [-0.2, 0) is 5.41 Å². The Morgan fingerprint density at radius 1 is 0.449 bits per heavy atom. The molecule has 240 valence electrons. The van der Waals surface area contributed by atoms with Gasteiger partial charge in [0.25, 0.3) is 0 Å². The Kier molecular flexibility index (Phi) is 6.91. The summed E-state index contributed by atoms with van der Waals surface area (Å²) in [4.78, 5) is 4.83. The molecule has 0 spiro atoms. The molecule has 0 amide bonds. The maximum absolute atomic E-state index is 2.48. The third-order valence-electron chi connectivity index (χ3n) is 11.8. The standard InChI is InChI=1S/C46H40N2S/c1-4-11-36(12-5-1)47(39-21-19-35(20-22-39)46-29-32-25-33(30-46)27-34(26-32)31-46)40-23-24-41-42-17-10-18-43(45(42)49-44(41)28-40)48(37-13-6-2-7-14-37)38-15-8-3-9-16-38/h1-24,28,32-34H,25-27,29-31H2. The third kappa shape index (κ3) is 4.98. The van der Waals surface area contributed by atoms with Gasteiger partial charge in [0.15, 0.2) is 0 Å². The normalized spacial score (nSPS) is 22.5. The highest BCUT2D eigenvalue weighted by Gasteiger charge is 2.51. The van der Waals surface area contributed by atoms with Crippen LogP contribution in [0.2, 0.25) is 0 Å². The van der Waals surface area contributed by atoms with E-state index < -0.39 is 0 Å². The fourth-order valence-corrected chi connectivity index (χ4v) is 11.4. The van der Waals surface area contributed by atoms with E-state index in [-0.39, 0.29) is 0 Å². The van der Waals surface area contributed by atoms with Gasteiger partial charge in [-0.1, -0.05) is 84.9 Å². The van der Waals surface area contributed by atoms with E-state index in [0.29, 0.717) is 5.41 Å². The van der Waals surface area contributed by atoms with Crippen molar-refractivity contribution in [2.75, 3.05) is 9.80 Å². The molecule has 0 radical (unpaired) electrons. The Hall–Kier alpha value is -4.86. The van der Waals surface area contributed by atoms with Gasteiger partial charge in [-0.25, -0.2) is 0 Å². The molecule has 49 heavy (non-hydrogen) atoms. The molecule has 4 saturated carbocycles. The zero-order chi connectivity index (χ0) is 32.4. The summed E-state index contributed by atoms with van der Waals surface area (Å²) in [5.74, 6) is 2.85. The van der Waals surface area contributed by atoms with Crippen LogP contribution in [0.5, 0.6) is 0 Å². The van der Waals surface area contributed by atoms with Gasteiger partial charge in [-0.15, -0.1) is 11.3 Å². The summed E-state index contributed by atoms with van der Waals surface area (Å²) < 4.78 is 2.60. The summed E-state index contributed by atoms with van der Waals surface area (Å²) >= 11 is 1.89. The average molecular weight is 653 g/mol. The Balaban J connectivity index is 1.07. The summed E-state index contributed by atoms with van der Waals surface area (Å²) in [6.07, 6.45) is 8.65. The first-order valence-corrected chi connectivity index (χ1v) is 18.8. The Bertz CT molecular complexity index is 2180. The average Bonchev–Trinajstić information content (AvgIpc) is 3.52. The molecule has 0 saturated heterocycles. The van der Waals surface area contributed by atoms with Crippen LogP contribution in [0.1, 0.15) is 44.1 Å². The minimum absolute atomic E-state index is 0.409. The number of anilines is 6. The molecule has 2 nitrogen and oxygen atoms in total. The topological polar surface area (TPSA) is 6.48 Å². The zero-order valence-corrected chi connectivity index (χ0v) is 28.5. The molecule has 1 heterocycles. The van der Waals surface area contributed by atoms with Crippen molar-refractivity contribution in [2.24, 2.45) is 17.8 Å². The van der Waals surface area contributed by atoms with Crippen molar-refractivity contribution in [1.29, 1.82) is 0 Å². The molecular formula is C46H40N2S. The second-order valence-electron chi connectivity index (χ2n) is 14.9. The largest absolute Gasteiger partial charge is 0.310 e. The fourth-order valence-electron chi connectivity index (χ4n) is 10.1. The van der Waals surface area contributed by atoms with Crippen LogP contribution in [-0.4, -0.2) is 0 Å². The minimum atomic E-state index is 0.409. The molecule has 1 aromatic heterocycles. The van der Waals surface area contributed by atoms with Crippen LogP contribution in [0.25, 0.3) is 20.2 Å². The van der Waals surface area contributed by atoms with Crippen molar-refractivity contribution in [3.05, 3.63) is 157 Å². The van der Waals surface area contributed by atoms with Gasteiger partial charge in [0.2, 0.25) is 0 Å². The van der Waals surface area contributed by atoms with E-state index in [1.807, 2.05) is 11.3 Å². The summed E-state index contributed by atoms with van der Waals surface area (Å²) in [6, 6.07) is 55.9. The molecule has 4 aliphatic rings. The minimum Gasteiger partial charge on any atom is -0.310 e. The van der Waals surface area contributed by atoms with Crippen LogP contribution >= 0.6 is 11.3 Å². The number of fused-ring (bicyclic) bond motifs is 3. The Morgan fingerprint density at radius 2 is 0.959 bits per heavy atom. The summed E-state index contributed by atoms with van der Waals surface area (Å²) in [6.45, 7) is 0. The molecule has 4 bridgehead atoms. The molecule has 0 aliphatic heterocycles. The second-order valence-corrected chi connectivity index (χ2v) is 15.9. The summed E-state index contributed by atoms with van der Waals surface area (Å²) in [7, 11) is 0. The van der Waals surface area contributed by atoms with E-state index in [0.717, 1.165) is 29.1 Å². The molecule has 0 N–H and O–H groups in total. The van der Waals surface area contributed by atoms with Gasteiger partial charge >= 0.3 is 0 Å². The van der Waals surface area contributed by atoms with Gasteiger partial charge in [0, 0.05) is 43.9 Å². The SMILES string of the molecule is c1ccc(N(c2ccc(C34CC5CC(CC(C5)C3)C4)cc2)c2ccc3c(c2)sc2c(N(c4ccccc4)c4ccccc4)cccc23)cc1. The highest BCUT2D eigenvalue weighted by molar-refractivity contribution is 7.26. The molecular weight excluding hydrogens is 613 g/mol. The van der Waals surface area contributed by atoms with E-state index in [2.05, 4.69) is 161 Å². The number of nitrogens with zero attached hydrogens (tertiary/aromatic N) is 2. The van der Waals surface area contributed by atoms with Gasteiger partial charge in [0.05, 0.1) is 10.4 Å². The quantitative estimate of drug-likeness (QED) is 0.169. The maximum Gasteiger partial charge on any atom is 0.0640 e. The van der Waals surface area contributed by atoms with Crippen LogP contribution in [0, 0.1) is 17.8 Å². The van der Waals surface area contributed by atoms with Crippen LogP contribution in [0.3, 0.4) is 0 Å². The molecule has 0 unspecified atom stereocenters. The Labute approximate surface area is 293 Å². The van der Waals surface area contributed by atoms with Gasteiger partial charge in [-0.05, 0) is 134 Å². The molecule has 3 heteroatoms. The number of rotatable bonds is 7. The lowest BCUT2D eigenvalue weighted by Crippen LogP contribution is -2.48. The monoisotopic (exact) mass is 652 g/mol. The highest BCUT2D eigenvalue weighted by Crippen LogP contribution is 2.61. The number of hydrogen-bond acceptors (Lipinski definition) is 3. The molecule has 0 atom stereocenters. The Morgan fingerprint density at radius 3 is 1.53 bits per heavy atom. The summed E-state index contributed by atoms with van der Waals surface area (Å²) in [5.41, 5.74) is 9.11. The number of thiophene rings is 1. The second kappa shape index (κ2) is 11.6. The van der Waals surface area contributed by atoms with E-state index >= 15 is 0 Å². The molecule has 11 rings (SSSR count). The first kappa shape index (κ1) is 29.1. The number of para-hydroxylation sites is 3. The first-order valence-electron chi connectivity index (χ1n) is 18.0. The molecule has 4 fully saturated rings. The van der Waals surface area contributed by atoms with E-state index in [1.165, 1.54) is 81.4 Å². The predicted molar refractivity (Wildman–Crippen MR) is 209 cm³/mol. The molecule has 6 aromatic carbocycles. The predicted octanol–water partition coefficient (Wildman–Crippen LogP) is 13.5. The maximum atomic E-state index is 2.48. The van der Waals surface area contributed by atoms with E-state index in [9.17, 15) is 0 Å². The van der Waals surface area contributed by atoms with Crippen molar-refractivity contribution in [3.63, 3.8) is 0 Å². The van der Waals surface area contributed by atoms with E-state index in [1.54, 1.807) is 5.56 Å². The third-order valence-corrected chi connectivity index (χ3v) is 13.0. The van der Waals surface area contributed by atoms with Crippen LogP contribution in [0.15, 0.2) is 152 Å². The lowest BCUT2D eigenvalue weighted by molar-refractivity contribution is -0.00518. The molecule has 4 aliphatic carbocycles. The van der Waals surface area contributed by atoms with E-state index in [4.69, 9.17) is 0 Å². The van der Waals surface area contributed by atoms with Crippen LogP contribution < -0.4 is 9.80 Å². The van der Waals surface area contributed by atoms with Crippen molar-refractivity contribution >= 4 is 65.6 Å². The van der Waals surface area contributed by atoms with Gasteiger partial charge in [-0.3, -0.25) is 0 Å². The van der Waals surface area contributed by atoms with Crippen molar-refractivity contribution < 1.29 is 0 Å². The van der Waals surface area contributed by atoms with Gasteiger partial charge in [0.1, 0.15) is 0 Å². The smallest absolute Gasteiger partial charge is 0.0640 e. The first-order chi connectivity index (χ1) is 24.2. The van der Waals surface area contributed by atoms with Crippen molar-refractivity contribution in [1.82, 2.24) is 0 Å². The van der Waals surface area contributed by atoms with Gasteiger partial charge in [-0.2, -0.15) is 0 Å². The van der Waals surface area contributed by atoms with Gasteiger partial charge < -0.3 is 9.80 Å². The summed E-state index contributed by atoms with van der Waals surface area (Å²) in [5, 5.41) is 2.60. The lowest BCUT2D eigenvalue weighted by Gasteiger charge is -2.57. The molecule has 7 aromatic rings. The van der Waals surface area contributed by atoms with Crippen molar-refractivity contribution in [2.45, 2.75) is 43.9 Å². The highest BCUT2D eigenvalue weighted by atomic mass is 32.1. The number of benzene rings is 6. The lowest BCUT2D eigenvalue weighted by atomic mass is 9.48. The van der Waals surface area contributed by atoms with Crippen molar-refractivity contribution in [3.8, 4) is 0 Å².